The van der Waals surface area contributed by atoms with Crippen molar-refractivity contribution in [2.45, 2.75) is 0 Å². The van der Waals surface area contributed by atoms with Crippen LogP contribution in [-0.4, -0.2) is 25.3 Å². The molecule has 0 aliphatic heterocycles. The van der Waals surface area contributed by atoms with Crippen molar-refractivity contribution in [3.8, 4) is 5.88 Å². The summed E-state index contributed by atoms with van der Waals surface area (Å²) in [6.07, 6.45) is 3.84. The highest BCUT2D eigenvalue weighted by Crippen LogP contribution is 2.14. The molecule has 0 fully saturated rings. The molecule has 10 heavy (non-hydrogen) atoms. The van der Waals surface area contributed by atoms with Gasteiger partial charge in [-0.05, 0) is 0 Å². The Morgan fingerprint density at radius 2 is 2.40 bits per heavy atom. The van der Waals surface area contributed by atoms with Gasteiger partial charge in [0.2, 0.25) is 12.2 Å². The van der Waals surface area contributed by atoms with Crippen LogP contribution in [0.1, 0.15) is 0 Å². The monoisotopic (exact) mass is 135 g/mol. The van der Waals surface area contributed by atoms with Crippen molar-refractivity contribution in [2.24, 2.45) is 0 Å². The lowest BCUT2D eigenvalue weighted by Crippen LogP contribution is -1.79. The van der Waals surface area contributed by atoms with E-state index in [0.717, 1.165) is 0 Å². The molecule has 0 unspecified atom stereocenters. The van der Waals surface area contributed by atoms with Crippen molar-refractivity contribution < 1.29 is 5.11 Å². The average molecular weight is 135 g/mol. The van der Waals surface area contributed by atoms with Crippen molar-refractivity contribution in [2.75, 3.05) is 0 Å². The standard InChI is InChI=1S/C5H3N4O/c10-5-4-3(1-8-9-4)6-2-7-5/h1H,(H,8,9)(H,6,7,10). The van der Waals surface area contributed by atoms with Gasteiger partial charge in [-0.2, -0.15) is 10.1 Å². The summed E-state index contributed by atoms with van der Waals surface area (Å²) in [7, 11) is 0. The van der Waals surface area contributed by atoms with Gasteiger partial charge in [0, 0.05) is 6.20 Å². The third-order valence-corrected chi connectivity index (χ3v) is 1.16. The lowest BCUT2D eigenvalue weighted by Gasteiger charge is -1.86. The molecule has 0 aromatic carbocycles. The topological polar surface area (TPSA) is 74.7 Å². The van der Waals surface area contributed by atoms with E-state index < -0.39 is 0 Å². The molecule has 2 rings (SSSR count). The molecule has 2 heterocycles. The van der Waals surface area contributed by atoms with E-state index in [9.17, 15) is 0 Å². The molecule has 1 radical (unpaired) electrons. The van der Waals surface area contributed by atoms with Crippen molar-refractivity contribution in [3.05, 3.63) is 12.5 Å². The first-order valence-corrected chi connectivity index (χ1v) is 2.64. The van der Waals surface area contributed by atoms with E-state index in [1.54, 1.807) is 6.20 Å². The molecule has 0 aliphatic carbocycles. The van der Waals surface area contributed by atoms with Crippen molar-refractivity contribution in [1.29, 1.82) is 0 Å². The van der Waals surface area contributed by atoms with Crippen LogP contribution < -0.4 is 0 Å². The molecule has 0 saturated carbocycles. The largest absolute Gasteiger partial charge is 0.492 e. The predicted octanol–water partition coefficient (Wildman–Crippen LogP) is -0.141. The maximum Gasteiger partial charge on any atom is 0.243 e. The van der Waals surface area contributed by atoms with Gasteiger partial charge in [0.1, 0.15) is 5.52 Å². The van der Waals surface area contributed by atoms with E-state index >= 15 is 0 Å². The number of aromatic hydroxyl groups is 1. The molecule has 0 amide bonds. The van der Waals surface area contributed by atoms with Gasteiger partial charge in [-0.25, -0.2) is 4.98 Å². The Morgan fingerprint density at radius 3 is 3.20 bits per heavy atom. The normalized spacial score (nSPS) is 10.4. The van der Waals surface area contributed by atoms with Gasteiger partial charge in [-0.3, -0.25) is 5.10 Å². The second-order valence-electron chi connectivity index (χ2n) is 1.77. The van der Waals surface area contributed by atoms with Crippen LogP contribution in [0.4, 0.5) is 0 Å². The van der Waals surface area contributed by atoms with Crippen molar-refractivity contribution in [3.63, 3.8) is 0 Å². The number of aromatic amines is 1. The summed E-state index contributed by atoms with van der Waals surface area (Å²) in [6.45, 7) is 0. The highest BCUT2D eigenvalue weighted by atomic mass is 16.3. The summed E-state index contributed by atoms with van der Waals surface area (Å²) in [5.41, 5.74) is 0.936. The Morgan fingerprint density at radius 1 is 1.50 bits per heavy atom. The van der Waals surface area contributed by atoms with Gasteiger partial charge in [0.15, 0.2) is 5.52 Å². The number of nitrogens with one attached hydrogen (secondary N) is 1. The van der Waals surface area contributed by atoms with Crippen LogP contribution in [0, 0.1) is 6.33 Å². The fraction of sp³-hybridized carbons (Fsp3) is 0. The van der Waals surface area contributed by atoms with Gasteiger partial charge in [0.25, 0.3) is 0 Å². The molecule has 2 aromatic heterocycles. The molecular weight excluding hydrogens is 132 g/mol. The Hall–Kier alpha value is -1.65. The van der Waals surface area contributed by atoms with Crippen molar-refractivity contribution >= 4 is 11.0 Å². The second kappa shape index (κ2) is 1.66. The summed E-state index contributed by atoms with van der Waals surface area (Å²) < 4.78 is 0. The Bertz CT molecular complexity index is 355. The highest BCUT2D eigenvalue weighted by molar-refractivity contribution is 5.77. The Labute approximate surface area is 55.7 Å². The molecule has 0 aliphatic rings. The van der Waals surface area contributed by atoms with E-state index in [1.165, 1.54) is 0 Å². The molecule has 0 atom stereocenters. The smallest absolute Gasteiger partial charge is 0.243 e. The van der Waals surface area contributed by atoms with Gasteiger partial charge < -0.3 is 5.11 Å². The second-order valence-corrected chi connectivity index (χ2v) is 1.77. The van der Waals surface area contributed by atoms with Gasteiger partial charge in [-0.15, -0.1) is 0 Å². The molecular formula is C5H3N4O. The minimum absolute atomic E-state index is 0.147. The number of nitrogens with zero attached hydrogens (tertiary/aromatic N) is 3. The molecule has 49 valence electrons. The number of hydrogen-bond donors (Lipinski definition) is 2. The quantitative estimate of drug-likeness (QED) is 0.527. The fourth-order valence-electron chi connectivity index (χ4n) is 0.713. The first-order valence-electron chi connectivity index (χ1n) is 2.64. The zero-order valence-corrected chi connectivity index (χ0v) is 4.87. The number of H-pyrrole nitrogens is 1. The molecule has 0 bridgehead atoms. The molecule has 5 heteroatoms. The molecule has 2 aromatic rings. The van der Waals surface area contributed by atoms with E-state index in [4.69, 9.17) is 5.11 Å². The van der Waals surface area contributed by atoms with Crippen LogP contribution in [0.2, 0.25) is 0 Å². The number of fused-ring (bicyclic) bond motifs is 1. The number of hydrogen-bond acceptors (Lipinski definition) is 4. The zero-order valence-electron chi connectivity index (χ0n) is 4.87. The first kappa shape index (κ1) is 5.16. The lowest BCUT2D eigenvalue weighted by molar-refractivity contribution is 0.457. The summed E-state index contributed by atoms with van der Waals surface area (Å²) in [5.74, 6) is -0.147. The zero-order chi connectivity index (χ0) is 6.97. The van der Waals surface area contributed by atoms with Crippen LogP contribution >= 0.6 is 0 Å². The third-order valence-electron chi connectivity index (χ3n) is 1.16. The highest BCUT2D eigenvalue weighted by Gasteiger charge is 2.02. The first-order chi connectivity index (χ1) is 4.88. The SMILES string of the molecule is Oc1n[c]nc2c[nH]nc12. The van der Waals surface area contributed by atoms with Crippen LogP contribution in [0.5, 0.6) is 5.88 Å². The minimum Gasteiger partial charge on any atom is -0.492 e. The predicted molar refractivity (Wildman–Crippen MR) is 32.2 cm³/mol. The number of aromatic nitrogens is 4. The van der Waals surface area contributed by atoms with E-state index in [2.05, 4.69) is 26.5 Å². The molecule has 0 spiro atoms. The Balaban J connectivity index is 2.95. The van der Waals surface area contributed by atoms with Gasteiger partial charge >= 0.3 is 0 Å². The third kappa shape index (κ3) is 0.540. The maximum atomic E-state index is 9.00. The van der Waals surface area contributed by atoms with Crippen LogP contribution in [-0.2, 0) is 0 Å². The van der Waals surface area contributed by atoms with Crippen molar-refractivity contribution in [1.82, 2.24) is 20.2 Å². The van der Waals surface area contributed by atoms with Crippen LogP contribution in [0.15, 0.2) is 6.20 Å². The Kier molecular flexibility index (Phi) is 0.858. The number of rotatable bonds is 0. The fourth-order valence-corrected chi connectivity index (χ4v) is 0.713. The maximum absolute atomic E-state index is 9.00. The molecule has 0 saturated heterocycles. The summed E-state index contributed by atoms with van der Waals surface area (Å²) in [4.78, 5) is 7.13. The van der Waals surface area contributed by atoms with E-state index in [1.807, 2.05) is 0 Å². The van der Waals surface area contributed by atoms with Crippen LogP contribution in [0.3, 0.4) is 0 Å². The lowest BCUT2D eigenvalue weighted by atomic mass is 10.5. The summed E-state index contributed by atoms with van der Waals surface area (Å²) in [5, 5.41) is 15.2. The minimum atomic E-state index is -0.147. The van der Waals surface area contributed by atoms with Gasteiger partial charge in [0.05, 0.1) is 0 Å². The van der Waals surface area contributed by atoms with Crippen LogP contribution in [0.25, 0.3) is 11.0 Å². The summed E-state index contributed by atoms with van der Waals surface area (Å²) >= 11 is 0. The van der Waals surface area contributed by atoms with E-state index in [0.29, 0.717) is 11.0 Å². The van der Waals surface area contributed by atoms with Gasteiger partial charge in [-0.1, -0.05) is 0 Å². The average Bonchev–Trinajstić information content (AvgIpc) is 2.36. The molecule has 2 N–H and O–H groups in total. The molecule has 5 nitrogen and oxygen atoms in total. The van der Waals surface area contributed by atoms with E-state index in [-0.39, 0.29) is 5.88 Å². The summed E-state index contributed by atoms with van der Waals surface area (Å²) in [6, 6.07) is 0.